The Morgan fingerprint density at radius 2 is 2.00 bits per heavy atom. The minimum atomic E-state index is 0.319. The molecule has 1 heterocycles. The Kier molecular flexibility index (Phi) is 3.78. The van der Waals surface area contributed by atoms with Gasteiger partial charge in [0, 0.05) is 16.6 Å². The minimum Gasteiger partial charge on any atom is -0.494 e. The van der Waals surface area contributed by atoms with Crippen molar-refractivity contribution in [3.63, 3.8) is 0 Å². The summed E-state index contributed by atoms with van der Waals surface area (Å²) in [6, 6.07) is 15.0. The summed E-state index contributed by atoms with van der Waals surface area (Å²) in [5.74, 6) is 1.92. The number of hydrogen-bond donors (Lipinski definition) is 1. The molecule has 2 nitrogen and oxygen atoms in total. The number of fused-ring (bicyclic) bond motifs is 3. The van der Waals surface area contributed by atoms with Gasteiger partial charge < -0.3 is 10.1 Å². The van der Waals surface area contributed by atoms with E-state index in [0.29, 0.717) is 24.5 Å². The maximum absolute atomic E-state index is 6.20. The molecule has 1 N–H and O–H groups in total. The molecule has 0 saturated heterocycles. The number of anilines is 1. The summed E-state index contributed by atoms with van der Waals surface area (Å²) in [5.41, 5.74) is 3.83. The Morgan fingerprint density at radius 1 is 1.17 bits per heavy atom. The Balaban J connectivity index is 1.69. The van der Waals surface area contributed by atoms with Crippen LogP contribution < -0.4 is 10.1 Å². The van der Waals surface area contributed by atoms with Crippen molar-refractivity contribution in [3.05, 3.63) is 70.8 Å². The van der Waals surface area contributed by atoms with E-state index >= 15 is 0 Å². The monoisotopic (exact) mass is 325 g/mol. The fourth-order valence-corrected chi connectivity index (χ4v) is 4.01. The van der Waals surface area contributed by atoms with Gasteiger partial charge in [0.2, 0.25) is 0 Å². The zero-order valence-electron chi connectivity index (χ0n) is 13.1. The van der Waals surface area contributed by atoms with Gasteiger partial charge >= 0.3 is 0 Å². The molecule has 0 radical (unpaired) electrons. The van der Waals surface area contributed by atoms with E-state index in [0.717, 1.165) is 17.2 Å². The summed E-state index contributed by atoms with van der Waals surface area (Å²) in [6.07, 6.45) is 5.73. The average molecular weight is 326 g/mol. The zero-order chi connectivity index (χ0) is 15.8. The highest BCUT2D eigenvalue weighted by Gasteiger charge is 2.37. The molecule has 0 saturated carbocycles. The summed E-state index contributed by atoms with van der Waals surface area (Å²) < 4.78 is 5.56. The van der Waals surface area contributed by atoms with Crippen LogP contribution in [0.25, 0.3) is 0 Å². The third-order valence-corrected chi connectivity index (χ3v) is 5.11. The highest BCUT2D eigenvalue weighted by molar-refractivity contribution is 6.30. The summed E-state index contributed by atoms with van der Waals surface area (Å²) in [4.78, 5) is 0. The third-order valence-electron chi connectivity index (χ3n) is 4.88. The van der Waals surface area contributed by atoms with E-state index in [1.54, 1.807) is 0 Å². The molecule has 2 aromatic rings. The van der Waals surface area contributed by atoms with Crippen LogP contribution in [0.15, 0.2) is 54.6 Å². The normalized spacial score (nSPS) is 24.7. The van der Waals surface area contributed by atoms with Crippen LogP contribution in [0.2, 0.25) is 5.02 Å². The first-order valence-electron chi connectivity index (χ1n) is 8.21. The van der Waals surface area contributed by atoms with Gasteiger partial charge in [0.05, 0.1) is 12.6 Å². The molecular formula is C20H20ClNO. The van der Waals surface area contributed by atoms with Crippen LogP contribution in [-0.4, -0.2) is 6.61 Å². The van der Waals surface area contributed by atoms with Crippen molar-refractivity contribution in [1.82, 2.24) is 0 Å². The Morgan fingerprint density at radius 3 is 2.78 bits per heavy atom. The minimum absolute atomic E-state index is 0.319. The van der Waals surface area contributed by atoms with Gasteiger partial charge in [-0.1, -0.05) is 35.9 Å². The molecule has 23 heavy (non-hydrogen) atoms. The van der Waals surface area contributed by atoms with Gasteiger partial charge in [0.1, 0.15) is 5.75 Å². The van der Waals surface area contributed by atoms with Crippen LogP contribution >= 0.6 is 11.6 Å². The molecule has 3 heteroatoms. The van der Waals surface area contributed by atoms with E-state index in [1.165, 1.54) is 16.8 Å². The summed E-state index contributed by atoms with van der Waals surface area (Å²) in [5, 5.41) is 4.53. The molecule has 0 spiro atoms. The Labute approximate surface area is 142 Å². The van der Waals surface area contributed by atoms with Crippen molar-refractivity contribution in [1.29, 1.82) is 0 Å². The van der Waals surface area contributed by atoms with Gasteiger partial charge in [-0.2, -0.15) is 0 Å². The largest absolute Gasteiger partial charge is 0.494 e. The first-order valence-corrected chi connectivity index (χ1v) is 8.59. The standard InChI is InChI=1S/C20H20ClNO/c1-2-23-15-9-6-13(7-10-15)20-17-5-3-4-16(17)18-12-14(21)8-11-19(18)22-20/h3-4,6-12,16-17,20,22H,2,5H2,1H3/t16-,17+,20+/m1/s1. The van der Waals surface area contributed by atoms with Crippen LogP contribution in [0.5, 0.6) is 5.75 Å². The van der Waals surface area contributed by atoms with Gasteiger partial charge in [-0.25, -0.2) is 0 Å². The van der Waals surface area contributed by atoms with Crippen molar-refractivity contribution in [3.8, 4) is 5.75 Å². The lowest BCUT2D eigenvalue weighted by Crippen LogP contribution is -2.29. The fraction of sp³-hybridized carbons (Fsp3) is 0.300. The second-order valence-corrected chi connectivity index (χ2v) is 6.65. The van der Waals surface area contributed by atoms with E-state index in [1.807, 2.05) is 13.0 Å². The lowest BCUT2D eigenvalue weighted by atomic mass is 9.77. The van der Waals surface area contributed by atoms with Crippen LogP contribution in [-0.2, 0) is 0 Å². The van der Waals surface area contributed by atoms with Crippen LogP contribution in [0, 0.1) is 5.92 Å². The topological polar surface area (TPSA) is 21.3 Å². The van der Waals surface area contributed by atoms with Crippen LogP contribution in [0.4, 0.5) is 5.69 Å². The molecule has 0 bridgehead atoms. The van der Waals surface area contributed by atoms with Crippen molar-refractivity contribution >= 4 is 17.3 Å². The molecule has 1 aliphatic carbocycles. The van der Waals surface area contributed by atoms with Crippen molar-refractivity contribution < 1.29 is 4.74 Å². The highest BCUT2D eigenvalue weighted by Crippen LogP contribution is 2.50. The van der Waals surface area contributed by atoms with Gasteiger partial charge in [0.15, 0.2) is 0 Å². The first-order chi connectivity index (χ1) is 11.3. The molecule has 3 atom stereocenters. The lowest BCUT2D eigenvalue weighted by Gasteiger charge is -2.37. The summed E-state index contributed by atoms with van der Waals surface area (Å²) >= 11 is 6.20. The molecule has 0 amide bonds. The Hall–Kier alpha value is -1.93. The number of allylic oxidation sites excluding steroid dienone is 2. The second kappa shape index (κ2) is 5.93. The fourth-order valence-electron chi connectivity index (χ4n) is 3.83. The second-order valence-electron chi connectivity index (χ2n) is 6.21. The van der Waals surface area contributed by atoms with Crippen LogP contribution in [0.1, 0.15) is 36.4 Å². The smallest absolute Gasteiger partial charge is 0.119 e. The number of rotatable bonds is 3. The molecule has 0 fully saturated rings. The van der Waals surface area contributed by atoms with Gasteiger partial charge in [-0.3, -0.25) is 0 Å². The van der Waals surface area contributed by atoms with Gasteiger partial charge in [0.25, 0.3) is 0 Å². The molecule has 118 valence electrons. The maximum atomic E-state index is 6.20. The van der Waals surface area contributed by atoms with Crippen molar-refractivity contribution in [2.24, 2.45) is 5.92 Å². The van der Waals surface area contributed by atoms with E-state index in [-0.39, 0.29) is 0 Å². The summed E-state index contributed by atoms with van der Waals surface area (Å²) in [6.45, 7) is 2.71. The number of ether oxygens (including phenoxy) is 1. The molecule has 2 aromatic carbocycles. The van der Waals surface area contributed by atoms with E-state index < -0.39 is 0 Å². The van der Waals surface area contributed by atoms with Gasteiger partial charge in [-0.15, -0.1) is 0 Å². The highest BCUT2D eigenvalue weighted by atomic mass is 35.5. The molecule has 4 rings (SSSR count). The number of halogens is 1. The van der Waals surface area contributed by atoms with E-state index in [2.05, 4.69) is 53.9 Å². The quantitative estimate of drug-likeness (QED) is 0.745. The average Bonchev–Trinajstić information content (AvgIpc) is 3.05. The predicted octanol–water partition coefficient (Wildman–Crippen LogP) is 5.57. The van der Waals surface area contributed by atoms with Gasteiger partial charge in [-0.05, 0) is 60.7 Å². The summed E-state index contributed by atoms with van der Waals surface area (Å²) in [7, 11) is 0. The van der Waals surface area contributed by atoms with Crippen molar-refractivity contribution in [2.45, 2.75) is 25.3 Å². The molecule has 0 aromatic heterocycles. The third kappa shape index (κ3) is 2.61. The van der Waals surface area contributed by atoms with E-state index in [9.17, 15) is 0 Å². The van der Waals surface area contributed by atoms with Crippen LogP contribution in [0.3, 0.4) is 0 Å². The predicted molar refractivity (Wildman–Crippen MR) is 95.4 cm³/mol. The number of hydrogen-bond acceptors (Lipinski definition) is 2. The van der Waals surface area contributed by atoms with E-state index in [4.69, 9.17) is 16.3 Å². The van der Waals surface area contributed by atoms with Crippen molar-refractivity contribution in [2.75, 3.05) is 11.9 Å². The number of nitrogens with one attached hydrogen (secondary N) is 1. The molecular weight excluding hydrogens is 306 g/mol. The Bertz CT molecular complexity index is 738. The number of benzene rings is 2. The lowest BCUT2D eigenvalue weighted by molar-refractivity contribution is 0.340. The molecule has 0 unspecified atom stereocenters. The SMILES string of the molecule is CCOc1ccc([C@@H]2Nc3ccc(Cl)cc3[C@@H]3C=CC[C@@H]32)cc1. The zero-order valence-corrected chi connectivity index (χ0v) is 13.9. The molecule has 1 aliphatic heterocycles. The maximum Gasteiger partial charge on any atom is 0.119 e. The first kappa shape index (κ1) is 14.6. The molecule has 2 aliphatic rings.